The Hall–Kier alpha value is -1.79. The molecule has 21 heavy (non-hydrogen) atoms. The molecule has 7 heteroatoms. The van der Waals surface area contributed by atoms with Gasteiger partial charge in [0.15, 0.2) is 0 Å². The molecule has 0 bridgehead atoms. The fourth-order valence-electron chi connectivity index (χ4n) is 2.24. The predicted octanol–water partition coefficient (Wildman–Crippen LogP) is 0.750. The van der Waals surface area contributed by atoms with Crippen LogP contribution in [-0.2, 0) is 9.59 Å². The molecule has 7 nitrogen and oxygen atoms in total. The van der Waals surface area contributed by atoms with Crippen LogP contribution in [0.5, 0.6) is 0 Å². The topological polar surface area (TPSA) is 90.0 Å². The Balaban J connectivity index is 2.51. The zero-order valence-corrected chi connectivity index (χ0v) is 13.2. The van der Waals surface area contributed by atoms with E-state index < -0.39 is 17.4 Å². The average Bonchev–Trinajstić information content (AvgIpc) is 2.45. The number of hydrogen-bond donors (Lipinski definition) is 2. The monoisotopic (exact) mass is 299 g/mol. The molecule has 2 N–H and O–H groups in total. The van der Waals surface area contributed by atoms with E-state index in [1.54, 1.807) is 30.7 Å². The van der Waals surface area contributed by atoms with E-state index in [0.29, 0.717) is 32.5 Å². The Labute approximate surface area is 125 Å². The van der Waals surface area contributed by atoms with Gasteiger partial charge in [0.1, 0.15) is 6.04 Å². The van der Waals surface area contributed by atoms with Crippen molar-refractivity contribution in [2.45, 2.75) is 39.7 Å². The number of likely N-dealkylation sites (N-methyl/N-ethyl adjacent to an activating group) is 1. The molecule has 0 aromatic carbocycles. The summed E-state index contributed by atoms with van der Waals surface area (Å²) in [4.78, 5) is 38.3. The number of carboxylic acid groups (broad SMARTS) is 1. The first-order chi connectivity index (χ1) is 9.71. The van der Waals surface area contributed by atoms with Gasteiger partial charge in [-0.1, -0.05) is 0 Å². The molecule has 1 unspecified atom stereocenters. The Kier molecular flexibility index (Phi) is 5.57. The smallest absolute Gasteiger partial charge is 0.318 e. The van der Waals surface area contributed by atoms with E-state index in [1.165, 1.54) is 0 Å². The van der Waals surface area contributed by atoms with Gasteiger partial charge in [0.25, 0.3) is 0 Å². The van der Waals surface area contributed by atoms with Crippen molar-refractivity contribution in [2.75, 3.05) is 26.7 Å². The van der Waals surface area contributed by atoms with Crippen LogP contribution in [0.2, 0.25) is 0 Å². The second kappa shape index (κ2) is 6.78. The summed E-state index contributed by atoms with van der Waals surface area (Å²) in [6.07, 6.45) is 0.847. The lowest BCUT2D eigenvalue weighted by Gasteiger charge is -2.36. The molecule has 1 fully saturated rings. The Morgan fingerprint density at radius 3 is 2.29 bits per heavy atom. The van der Waals surface area contributed by atoms with E-state index in [9.17, 15) is 14.4 Å². The van der Waals surface area contributed by atoms with Crippen molar-refractivity contribution in [3.05, 3.63) is 0 Å². The van der Waals surface area contributed by atoms with Crippen LogP contribution in [0.4, 0.5) is 4.79 Å². The maximum Gasteiger partial charge on any atom is 0.318 e. The van der Waals surface area contributed by atoms with Gasteiger partial charge in [-0.05, 0) is 33.6 Å². The molecule has 0 saturated carbocycles. The van der Waals surface area contributed by atoms with Gasteiger partial charge in [0, 0.05) is 26.7 Å². The van der Waals surface area contributed by atoms with Crippen LogP contribution < -0.4 is 5.32 Å². The fraction of sp³-hybridized carbons (Fsp3) is 0.786. The molecule has 1 aliphatic heterocycles. The van der Waals surface area contributed by atoms with Gasteiger partial charge in [-0.3, -0.25) is 9.59 Å². The minimum absolute atomic E-state index is 0.141. The number of aliphatic carboxylic acids is 1. The van der Waals surface area contributed by atoms with E-state index in [4.69, 9.17) is 5.11 Å². The van der Waals surface area contributed by atoms with Crippen molar-refractivity contribution in [2.24, 2.45) is 5.41 Å². The molecule has 1 heterocycles. The number of likely N-dealkylation sites (tertiary alicyclic amines) is 1. The molecule has 1 aliphatic rings. The van der Waals surface area contributed by atoms with Gasteiger partial charge >= 0.3 is 12.0 Å². The van der Waals surface area contributed by atoms with E-state index in [0.717, 1.165) is 0 Å². The van der Waals surface area contributed by atoms with Crippen LogP contribution in [0, 0.1) is 5.41 Å². The summed E-state index contributed by atoms with van der Waals surface area (Å²) in [5, 5.41) is 11.8. The Morgan fingerprint density at radius 1 is 1.33 bits per heavy atom. The van der Waals surface area contributed by atoms with Crippen molar-refractivity contribution in [1.82, 2.24) is 15.1 Å². The van der Waals surface area contributed by atoms with Crippen molar-refractivity contribution in [1.29, 1.82) is 0 Å². The molecule has 0 aliphatic carbocycles. The first-order valence-electron chi connectivity index (χ1n) is 7.25. The number of nitrogens with one attached hydrogen (secondary N) is 1. The minimum Gasteiger partial charge on any atom is -0.481 e. The molecular weight excluding hydrogens is 274 g/mol. The second-order valence-corrected chi connectivity index (χ2v) is 5.88. The Bertz CT molecular complexity index is 416. The normalized spacial score (nSPS) is 18.8. The third kappa shape index (κ3) is 4.09. The van der Waals surface area contributed by atoms with Crippen LogP contribution in [0.1, 0.15) is 33.6 Å². The number of carbonyl (C=O) groups excluding carboxylic acids is 2. The highest BCUT2D eigenvalue weighted by molar-refractivity contribution is 5.86. The van der Waals surface area contributed by atoms with Gasteiger partial charge in [0.05, 0.1) is 5.41 Å². The zero-order valence-electron chi connectivity index (χ0n) is 13.2. The highest BCUT2D eigenvalue weighted by Crippen LogP contribution is 2.30. The third-order valence-corrected chi connectivity index (χ3v) is 4.23. The lowest BCUT2D eigenvalue weighted by Crippen LogP contribution is -2.53. The number of nitrogens with zero attached hydrogens (tertiary/aromatic N) is 2. The summed E-state index contributed by atoms with van der Waals surface area (Å²) in [5.41, 5.74) is -0.763. The SMILES string of the molecule is CCN(C)C(=O)C(C)NC(=O)N1CCC(C)(C(=O)O)CC1. The van der Waals surface area contributed by atoms with Crippen LogP contribution in [0.15, 0.2) is 0 Å². The summed E-state index contributed by atoms with van der Waals surface area (Å²) in [5.74, 6) is -0.964. The first kappa shape index (κ1) is 17.3. The lowest BCUT2D eigenvalue weighted by atomic mass is 9.80. The van der Waals surface area contributed by atoms with Crippen molar-refractivity contribution < 1.29 is 19.5 Å². The summed E-state index contributed by atoms with van der Waals surface area (Å²) in [7, 11) is 1.68. The van der Waals surface area contributed by atoms with E-state index >= 15 is 0 Å². The fourth-order valence-corrected chi connectivity index (χ4v) is 2.24. The number of rotatable bonds is 4. The molecule has 0 aromatic heterocycles. The van der Waals surface area contributed by atoms with Gasteiger partial charge in [-0.2, -0.15) is 0 Å². The second-order valence-electron chi connectivity index (χ2n) is 5.88. The maximum atomic E-state index is 12.1. The van der Waals surface area contributed by atoms with Crippen LogP contribution in [-0.4, -0.2) is 65.5 Å². The third-order valence-electron chi connectivity index (χ3n) is 4.23. The molecule has 1 saturated heterocycles. The summed E-state index contributed by atoms with van der Waals surface area (Å²) < 4.78 is 0. The minimum atomic E-state index is -0.823. The van der Waals surface area contributed by atoms with Crippen molar-refractivity contribution >= 4 is 17.9 Å². The van der Waals surface area contributed by atoms with Crippen LogP contribution in [0.25, 0.3) is 0 Å². The number of hydrogen-bond acceptors (Lipinski definition) is 3. The highest BCUT2D eigenvalue weighted by Gasteiger charge is 2.38. The molecule has 120 valence electrons. The van der Waals surface area contributed by atoms with Gasteiger partial charge in [0.2, 0.25) is 5.91 Å². The summed E-state index contributed by atoms with van der Waals surface area (Å²) in [6.45, 7) is 6.58. The standard InChI is InChI=1S/C14H25N3O4/c1-5-16(4)11(18)10(2)15-13(21)17-8-6-14(3,7-9-17)12(19)20/h10H,5-9H2,1-4H3,(H,15,21)(H,19,20). The number of amides is 3. The van der Waals surface area contributed by atoms with Crippen LogP contribution >= 0.6 is 0 Å². The maximum absolute atomic E-state index is 12.1. The Morgan fingerprint density at radius 2 is 1.86 bits per heavy atom. The van der Waals surface area contributed by atoms with Gasteiger partial charge in [-0.25, -0.2) is 4.79 Å². The van der Waals surface area contributed by atoms with E-state index in [2.05, 4.69) is 5.32 Å². The molecular formula is C14H25N3O4. The quantitative estimate of drug-likeness (QED) is 0.801. The molecule has 0 aromatic rings. The van der Waals surface area contributed by atoms with Crippen LogP contribution in [0.3, 0.4) is 0 Å². The molecule has 1 rings (SSSR count). The number of piperidine rings is 1. The van der Waals surface area contributed by atoms with E-state index in [-0.39, 0.29) is 11.9 Å². The average molecular weight is 299 g/mol. The van der Waals surface area contributed by atoms with Gasteiger partial charge < -0.3 is 20.2 Å². The first-order valence-corrected chi connectivity index (χ1v) is 7.25. The molecule has 1 atom stereocenters. The molecule has 0 radical (unpaired) electrons. The number of carboxylic acids is 1. The summed E-state index contributed by atoms with van der Waals surface area (Å²) in [6, 6.07) is -0.900. The van der Waals surface area contributed by atoms with Crippen molar-refractivity contribution in [3.63, 3.8) is 0 Å². The molecule has 0 spiro atoms. The lowest BCUT2D eigenvalue weighted by molar-refractivity contribution is -0.150. The number of carbonyl (C=O) groups is 3. The molecule has 3 amide bonds. The summed E-state index contributed by atoms with van der Waals surface area (Å²) >= 11 is 0. The van der Waals surface area contributed by atoms with Gasteiger partial charge in [-0.15, -0.1) is 0 Å². The van der Waals surface area contributed by atoms with E-state index in [1.807, 2.05) is 6.92 Å². The largest absolute Gasteiger partial charge is 0.481 e. The van der Waals surface area contributed by atoms with Crippen molar-refractivity contribution in [3.8, 4) is 0 Å². The number of urea groups is 1. The predicted molar refractivity (Wildman–Crippen MR) is 77.9 cm³/mol. The highest BCUT2D eigenvalue weighted by atomic mass is 16.4. The zero-order chi connectivity index (χ0) is 16.2.